The van der Waals surface area contributed by atoms with Crippen molar-refractivity contribution in [2.75, 3.05) is 6.54 Å². The highest BCUT2D eigenvalue weighted by Gasteiger charge is 2.17. The summed E-state index contributed by atoms with van der Waals surface area (Å²) in [5.74, 6) is 1.32. The van der Waals surface area contributed by atoms with Crippen molar-refractivity contribution >= 4 is 5.71 Å². The minimum Gasteiger partial charge on any atom is -0.404 e. The number of hydrogen-bond acceptors (Lipinski definition) is 2. The van der Waals surface area contributed by atoms with E-state index in [1.54, 1.807) is 6.20 Å². The molecule has 0 aromatic carbocycles. The number of nitrogens with zero attached hydrogens (tertiary/aromatic N) is 1. The summed E-state index contributed by atoms with van der Waals surface area (Å²) in [6, 6.07) is 0. The van der Waals surface area contributed by atoms with Crippen LogP contribution in [-0.2, 0) is 0 Å². The van der Waals surface area contributed by atoms with Crippen LogP contribution in [-0.4, -0.2) is 12.3 Å². The third-order valence-corrected chi connectivity index (χ3v) is 2.95. The van der Waals surface area contributed by atoms with E-state index < -0.39 is 0 Å². The van der Waals surface area contributed by atoms with Crippen LogP contribution in [0.2, 0.25) is 0 Å². The fourth-order valence-corrected chi connectivity index (χ4v) is 1.75. The molecule has 1 rings (SSSR count). The minimum atomic E-state index is 0.481. The third-order valence-electron chi connectivity index (χ3n) is 2.95. The molecule has 1 fully saturated rings. The zero-order valence-electron chi connectivity index (χ0n) is 9.59. The average molecular weight is 194 g/mol. The lowest BCUT2D eigenvalue weighted by Crippen LogP contribution is -2.18. The summed E-state index contributed by atoms with van der Waals surface area (Å²) in [4.78, 5) is 4.68. The zero-order chi connectivity index (χ0) is 10.6. The lowest BCUT2D eigenvalue weighted by molar-refractivity contribution is 0.326. The molecule has 0 heterocycles. The van der Waals surface area contributed by atoms with Gasteiger partial charge in [0.25, 0.3) is 0 Å². The van der Waals surface area contributed by atoms with Gasteiger partial charge in [0.15, 0.2) is 0 Å². The molecule has 1 aliphatic carbocycles. The van der Waals surface area contributed by atoms with Crippen molar-refractivity contribution in [2.45, 2.75) is 40.0 Å². The van der Waals surface area contributed by atoms with E-state index in [-0.39, 0.29) is 0 Å². The van der Waals surface area contributed by atoms with E-state index in [0.29, 0.717) is 5.92 Å². The Kier molecular flexibility index (Phi) is 4.18. The SMILES string of the molecule is C/C(=C/N)C(=NCC1CCC1)C(C)C. The summed E-state index contributed by atoms with van der Waals surface area (Å²) in [6.45, 7) is 7.39. The molecule has 2 N–H and O–H groups in total. The number of nitrogens with two attached hydrogens (primary N) is 1. The molecule has 0 aromatic rings. The number of rotatable bonds is 4. The van der Waals surface area contributed by atoms with Crippen LogP contribution in [0.4, 0.5) is 0 Å². The Hall–Kier alpha value is -0.790. The van der Waals surface area contributed by atoms with E-state index >= 15 is 0 Å². The van der Waals surface area contributed by atoms with Gasteiger partial charge in [0.2, 0.25) is 0 Å². The number of allylic oxidation sites excluding steroid dienone is 1. The summed E-state index contributed by atoms with van der Waals surface area (Å²) in [5, 5.41) is 0. The summed E-state index contributed by atoms with van der Waals surface area (Å²) in [5.41, 5.74) is 7.83. The maximum absolute atomic E-state index is 5.52. The van der Waals surface area contributed by atoms with Crippen molar-refractivity contribution in [3.8, 4) is 0 Å². The van der Waals surface area contributed by atoms with Gasteiger partial charge in [-0.15, -0.1) is 0 Å². The second-order valence-electron chi connectivity index (χ2n) is 4.53. The molecule has 2 nitrogen and oxygen atoms in total. The fourth-order valence-electron chi connectivity index (χ4n) is 1.75. The van der Waals surface area contributed by atoms with E-state index in [1.807, 2.05) is 6.92 Å². The van der Waals surface area contributed by atoms with Gasteiger partial charge in [-0.2, -0.15) is 0 Å². The second-order valence-corrected chi connectivity index (χ2v) is 4.53. The van der Waals surface area contributed by atoms with E-state index in [2.05, 4.69) is 18.8 Å². The molecule has 1 aliphatic rings. The van der Waals surface area contributed by atoms with Crippen molar-refractivity contribution in [3.63, 3.8) is 0 Å². The molecular formula is C12H22N2. The molecular weight excluding hydrogens is 172 g/mol. The van der Waals surface area contributed by atoms with Gasteiger partial charge in [-0.25, -0.2) is 0 Å². The van der Waals surface area contributed by atoms with Crippen LogP contribution >= 0.6 is 0 Å². The quantitative estimate of drug-likeness (QED) is 0.687. The summed E-state index contributed by atoms with van der Waals surface area (Å²) < 4.78 is 0. The maximum atomic E-state index is 5.52. The van der Waals surface area contributed by atoms with Crippen LogP contribution in [0.15, 0.2) is 16.8 Å². The molecule has 0 radical (unpaired) electrons. The molecule has 0 atom stereocenters. The molecule has 0 aromatic heterocycles. The zero-order valence-corrected chi connectivity index (χ0v) is 9.59. The highest BCUT2D eigenvalue weighted by atomic mass is 14.8. The minimum absolute atomic E-state index is 0.481. The van der Waals surface area contributed by atoms with Crippen LogP contribution in [0.1, 0.15) is 40.0 Å². The molecule has 0 aliphatic heterocycles. The van der Waals surface area contributed by atoms with Gasteiger partial charge in [-0.3, -0.25) is 4.99 Å². The van der Waals surface area contributed by atoms with Gasteiger partial charge in [0.1, 0.15) is 0 Å². The van der Waals surface area contributed by atoms with Crippen LogP contribution in [0, 0.1) is 11.8 Å². The van der Waals surface area contributed by atoms with E-state index in [1.165, 1.54) is 25.0 Å². The summed E-state index contributed by atoms with van der Waals surface area (Å²) in [7, 11) is 0. The van der Waals surface area contributed by atoms with Gasteiger partial charge in [0.05, 0.1) is 0 Å². The van der Waals surface area contributed by atoms with Crippen LogP contribution in [0.25, 0.3) is 0 Å². The first-order valence-corrected chi connectivity index (χ1v) is 5.58. The Balaban J connectivity index is 2.56. The highest BCUT2D eigenvalue weighted by Crippen LogP contribution is 2.26. The summed E-state index contributed by atoms with van der Waals surface area (Å²) >= 11 is 0. The molecule has 80 valence electrons. The van der Waals surface area contributed by atoms with Crippen molar-refractivity contribution in [3.05, 3.63) is 11.8 Å². The second kappa shape index (κ2) is 5.18. The van der Waals surface area contributed by atoms with Crippen molar-refractivity contribution < 1.29 is 0 Å². The Morgan fingerprint density at radius 3 is 2.50 bits per heavy atom. The van der Waals surface area contributed by atoms with Gasteiger partial charge < -0.3 is 5.73 Å². The van der Waals surface area contributed by atoms with Crippen LogP contribution in [0.3, 0.4) is 0 Å². The topological polar surface area (TPSA) is 38.4 Å². The molecule has 0 saturated heterocycles. The molecule has 14 heavy (non-hydrogen) atoms. The molecule has 0 spiro atoms. The molecule has 0 bridgehead atoms. The molecule has 0 amide bonds. The Labute approximate surface area is 87.3 Å². The van der Waals surface area contributed by atoms with Gasteiger partial charge >= 0.3 is 0 Å². The fraction of sp³-hybridized carbons (Fsp3) is 0.750. The lowest BCUT2D eigenvalue weighted by atomic mass is 9.85. The van der Waals surface area contributed by atoms with Crippen molar-refractivity contribution in [2.24, 2.45) is 22.6 Å². The van der Waals surface area contributed by atoms with Gasteiger partial charge in [-0.05, 0) is 43.4 Å². The Bertz CT molecular complexity index is 235. The van der Waals surface area contributed by atoms with E-state index in [0.717, 1.165) is 18.0 Å². The first kappa shape index (κ1) is 11.3. The van der Waals surface area contributed by atoms with Crippen molar-refractivity contribution in [1.29, 1.82) is 0 Å². The molecule has 2 heteroatoms. The van der Waals surface area contributed by atoms with Gasteiger partial charge in [-0.1, -0.05) is 20.3 Å². The maximum Gasteiger partial charge on any atom is 0.0421 e. The standard InChI is InChI=1S/C12H22N2/c1-9(2)12(10(3)7-13)14-8-11-5-4-6-11/h7,9,11H,4-6,8,13H2,1-3H3/b10-7-,14-12?. The average Bonchev–Trinajstić information content (AvgIpc) is 2.07. The monoisotopic (exact) mass is 194 g/mol. The third kappa shape index (κ3) is 2.86. The van der Waals surface area contributed by atoms with Gasteiger partial charge in [0, 0.05) is 12.3 Å². The van der Waals surface area contributed by atoms with Crippen molar-refractivity contribution in [1.82, 2.24) is 0 Å². The molecule has 0 unspecified atom stereocenters. The highest BCUT2D eigenvalue weighted by molar-refractivity contribution is 6.00. The first-order valence-electron chi connectivity index (χ1n) is 5.58. The lowest BCUT2D eigenvalue weighted by Gasteiger charge is -2.24. The van der Waals surface area contributed by atoms with Crippen LogP contribution < -0.4 is 5.73 Å². The smallest absolute Gasteiger partial charge is 0.0421 e. The predicted molar refractivity (Wildman–Crippen MR) is 62.4 cm³/mol. The van der Waals surface area contributed by atoms with E-state index in [4.69, 9.17) is 5.73 Å². The Morgan fingerprint density at radius 2 is 2.14 bits per heavy atom. The summed E-state index contributed by atoms with van der Waals surface area (Å²) in [6.07, 6.45) is 5.78. The van der Waals surface area contributed by atoms with E-state index in [9.17, 15) is 0 Å². The number of aliphatic imine (C=N–C) groups is 1. The van der Waals surface area contributed by atoms with Crippen LogP contribution in [0.5, 0.6) is 0 Å². The Morgan fingerprint density at radius 1 is 1.50 bits per heavy atom. The first-order chi connectivity index (χ1) is 6.65. The normalized spacial score (nSPS) is 20.0. The molecule has 1 saturated carbocycles. The predicted octanol–water partition coefficient (Wildman–Crippen LogP) is 2.75. The largest absolute Gasteiger partial charge is 0.404 e. The number of hydrogen-bond donors (Lipinski definition) is 1.